The quantitative estimate of drug-likeness (QED) is 0.738. The Hall–Kier alpha value is -0.770. The zero-order valence-corrected chi connectivity index (χ0v) is 10.2. The van der Waals surface area contributed by atoms with Gasteiger partial charge < -0.3 is 15.5 Å². The van der Waals surface area contributed by atoms with Crippen LogP contribution < -0.4 is 10.6 Å². The Labute approximate surface area is 97.8 Å². The number of carbonyl (C=O) groups is 1. The molecule has 0 aromatic carbocycles. The topological polar surface area (TPSA) is 44.4 Å². The highest BCUT2D eigenvalue weighted by molar-refractivity contribution is 5.76. The van der Waals surface area contributed by atoms with Gasteiger partial charge in [0.05, 0.1) is 0 Å². The standard InChI is InChI=1S/C12H23N3O/c1-2-3-11-9-15(12(16)14-11)7-5-10-4-6-13-8-10/h10-11,13H,2-9H2,1H3,(H,14,16). The predicted molar refractivity (Wildman–Crippen MR) is 64.4 cm³/mol. The predicted octanol–water partition coefficient (Wildman–Crippen LogP) is 1.18. The molecule has 16 heavy (non-hydrogen) atoms. The summed E-state index contributed by atoms with van der Waals surface area (Å²) in [6.45, 7) is 6.29. The molecule has 0 spiro atoms. The summed E-state index contributed by atoms with van der Waals surface area (Å²) in [5, 5.41) is 6.42. The average Bonchev–Trinajstić information content (AvgIpc) is 2.86. The van der Waals surface area contributed by atoms with Crippen LogP contribution in [0.3, 0.4) is 0 Å². The molecule has 0 aromatic rings. The Morgan fingerprint density at radius 2 is 2.31 bits per heavy atom. The molecule has 4 heteroatoms. The Kier molecular flexibility index (Phi) is 4.04. The molecule has 4 nitrogen and oxygen atoms in total. The van der Waals surface area contributed by atoms with E-state index in [-0.39, 0.29) is 6.03 Å². The van der Waals surface area contributed by atoms with Crippen LogP contribution in [0.4, 0.5) is 4.79 Å². The van der Waals surface area contributed by atoms with Crippen LogP contribution in [0.1, 0.15) is 32.6 Å². The fourth-order valence-corrected chi connectivity index (χ4v) is 2.66. The van der Waals surface area contributed by atoms with Crippen molar-refractivity contribution in [3.05, 3.63) is 0 Å². The van der Waals surface area contributed by atoms with Crippen LogP contribution in [0.2, 0.25) is 0 Å². The zero-order chi connectivity index (χ0) is 11.4. The normalized spacial score (nSPS) is 29.8. The van der Waals surface area contributed by atoms with E-state index in [2.05, 4.69) is 17.6 Å². The number of carbonyl (C=O) groups excluding carboxylic acids is 1. The zero-order valence-electron chi connectivity index (χ0n) is 10.2. The average molecular weight is 225 g/mol. The first kappa shape index (κ1) is 11.7. The number of urea groups is 1. The van der Waals surface area contributed by atoms with Crippen molar-refractivity contribution in [1.82, 2.24) is 15.5 Å². The molecule has 2 fully saturated rings. The van der Waals surface area contributed by atoms with Gasteiger partial charge in [-0.2, -0.15) is 0 Å². The molecule has 2 aliphatic heterocycles. The van der Waals surface area contributed by atoms with Crippen LogP contribution in [0.25, 0.3) is 0 Å². The Balaban J connectivity index is 1.70. The van der Waals surface area contributed by atoms with Crippen LogP contribution in [0.5, 0.6) is 0 Å². The number of rotatable bonds is 5. The summed E-state index contributed by atoms with van der Waals surface area (Å²) < 4.78 is 0. The molecule has 0 saturated carbocycles. The van der Waals surface area contributed by atoms with Gasteiger partial charge in [-0.15, -0.1) is 0 Å². The lowest BCUT2D eigenvalue weighted by molar-refractivity contribution is 0.214. The lowest BCUT2D eigenvalue weighted by atomic mass is 10.0. The summed E-state index contributed by atoms with van der Waals surface area (Å²) in [7, 11) is 0. The van der Waals surface area contributed by atoms with Gasteiger partial charge in [-0.3, -0.25) is 0 Å². The van der Waals surface area contributed by atoms with Gasteiger partial charge in [0, 0.05) is 19.1 Å². The van der Waals surface area contributed by atoms with Crippen LogP contribution >= 0.6 is 0 Å². The van der Waals surface area contributed by atoms with E-state index in [1.54, 1.807) is 0 Å². The molecule has 2 saturated heterocycles. The van der Waals surface area contributed by atoms with Crippen molar-refractivity contribution in [3.8, 4) is 0 Å². The molecule has 2 heterocycles. The maximum absolute atomic E-state index is 11.7. The van der Waals surface area contributed by atoms with Crippen molar-refractivity contribution in [3.63, 3.8) is 0 Å². The van der Waals surface area contributed by atoms with Crippen molar-refractivity contribution < 1.29 is 4.79 Å². The lowest BCUT2D eigenvalue weighted by Gasteiger charge is -2.16. The minimum absolute atomic E-state index is 0.143. The molecule has 2 N–H and O–H groups in total. The molecule has 2 unspecified atom stereocenters. The van der Waals surface area contributed by atoms with Gasteiger partial charge in [-0.1, -0.05) is 13.3 Å². The summed E-state index contributed by atoms with van der Waals surface area (Å²) in [4.78, 5) is 13.6. The molecule has 2 amide bonds. The van der Waals surface area contributed by atoms with Gasteiger partial charge in [0.2, 0.25) is 0 Å². The summed E-state index contributed by atoms with van der Waals surface area (Å²) in [6, 6.07) is 0.531. The molecule has 2 atom stereocenters. The van der Waals surface area contributed by atoms with Gasteiger partial charge in [0.15, 0.2) is 0 Å². The monoisotopic (exact) mass is 225 g/mol. The molecule has 0 aromatic heterocycles. The second kappa shape index (κ2) is 5.53. The van der Waals surface area contributed by atoms with Gasteiger partial charge in [0.25, 0.3) is 0 Å². The number of nitrogens with zero attached hydrogens (tertiary/aromatic N) is 1. The van der Waals surface area contributed by atoms with Gasteiger partial charge in [-0.05, 0) is 38.3 Å². The molecule has 0 radical (unpaired) electrons. The number of nitrogens with one attached hydrogen (secondary N) is 2. The number of hydrogen-bond donors (Lipinski definition) is 2. The van der Waals surface area contributed by atoms with E-state index in [4.69, 9.17) is 0 Å². The van der Waals surface area contributed by atoms with E-state index in [0.717, 1.165) is 51.4 Å². The van der Waals surface area contributed by atoms with Crippen LogP contribution in [-0.2, 0) is 0 Å². The van der Waals surface area contributed by atoms with Crippen LogP contribution in [-0.4, -0.2) is 43.2 Å². The lowest BCUT2D eigenvalue weighted by Crippen LogP contribution is -2.30. The number of amides is 2. The molecule has 2 aliphatic rings. The van der Waals surface area contributed by atoms with Crippen molar-refractivity contribution in [2.24, 2.45) is 5.92 Å². The Morgan fingerprint density at radius 3 is 3.00 bits per heavy atom. The Morgan fingerprint density at radius 1 is 1.44 bits per heavy atom. The van der Waals surface area contributed by atoms with E-state index in [1.165, 1.54) is 6.42 Å². The molecule has 0 bridgehead atoms. The van der Waals surface area contributed by atoms with Crippen molar-refractivity contribution >= 4 is 6.03 Å². The van der Waals surface area contributed by atoms with Gasteiger partial charge in [0.1, 0.15) is 0 Å². The minimum Gasteiger partial charge on any atom is -0.333 e. The second-order valence-corrected chi connectivity index (χ2v) is 5.03. The first-order valence-corrected chi connectivity index (χ1v) is 6.55. The molecule has 92 valence electrons. The van der Waals surface area contributed by atoms with E-state index in [1.807, 2.05) is 4.90 Å². The molecule has 2 rings (SSSR count). The van der Waals surface area contributed by atoms with E-state index >= 15 is 0 Å². The van der Waals surface area contributed by atoms with Crippen molar-refractivity contribution in [1.29, 1.82) is 0 Å². The SMILES string of the molecule is CCCC1CN(CCC2CCNC2)C(=O)N1. The third-order valence-corrected chi connectivity index (χ3v) is 3.66. The van der Waals surface area contributed by atoms with E-state index in [0.29, 0.717) is 6.04 Å². The maximum Gasteiger partial charge on any atom is 0.317 e. The smallest absolute Gasteiger partial charge is 0.317 e. The van der Waals surface area contributed by atoms with Crippen molar-refractivity contribution in [2.75, 3.05) is 26.2 Å². The van der Waals surface area contributed by atoms with Crippen molar-refractivity contribution in [2.45, 2.75) is 38.6 Å². The third kappa shape index (κ3) is 2.88. The summed E-state index contributed by atoms with van der Waals surface area (Å²) >= 11 is 0. The third-order valence-electron chi connectivity index (χ3n) is 3.66. The first-order chi connectivity index (χ1) is 7.79. The summed E-state index contributed by atoms with van der Waals surface area (Å²) in [6.07, 6.45) is 4.67. The molecule has 0 aliphatic carbocycles. The highest BCUT2D eigenvalue weighted by atomic mass is 16.2. The largest absolute Gasteiger partial charge is 0.333 e. The van der Waals surface area contributed by atoms with Gasteiger partial charge in [-0.25, -0.2) is 4.79 Å². The fourth-order valence-electron chi connectivity index (χ4n) is 2.66. The highest BCUT2D eigenvalue weighted by Gasteiger charge is 2.28. The van der Waals surface area contributed by atoms with E-state index in [9.17, 15) is 4.79 Å². The summed E-state index contributed by atoms with van der Waals surface area (Å²) in [5.74, 6) is 0.776. The number of hydrogen-bond acceptors (Lipinski definition) is 2. The maximum atomic E-state index is 11.7. The first-order valence-electron chi connectivity index (χ1n) is 6.55. The minimum atomic E-state index is 0.143. The Bertz CT molecular complexity index is 238. The second-order valence-electron chi connectivity index (χ2n) is 5.03. The molecular weight excluding hydrogens is 202 g/mol. The van der Waals surface area contributed by atoms with E-state index < -0.39 is 0 Å². The summed E-state index contributed by atoms with van der Waals surface area (Å²) in [5.41, 5.74) is 0. The van der Waals surface area contributed by atoms with Crippen LogP contribution in [0.15, 0.2) is 0 Å². The fraction of sp³-hybridized carbons (Fsp3) is 0.917. The van der Waals surface area contributed by atoms with Crippen LogP contribution in [0, 0.1) is 5.92 Å². The molecular formula is C12H23N3O. The highest BCUT2D eigenvalue weighted by Crippen LogP contribution is 2.15. The van der Waals surface area contributed by atoms with Gasteiger partial charge >= 0.3 is 6.03 Å².